The van der Waals surface area contributed by atoms with Gasteiger partial charge >= 0.3 is 0 Å². The Balaban J connectivity index is 1.67. The molecule has 1 atom stereocenters. The molecule has 1 N–H and O–H groups in total. The average molecular weight is 386 g/mol. The zero-order chi connectivity index (χ0) is 19.9. The molecule has 28 heavy (non-hydrogen) atoms. The number of carbonyl (C=O) groups excluding carboxylic acids is 2. The lowest BCUT2D eigenvalue weighted by molar-refractivity contribution is -0.133. The first-order valence-electron chi connectivity index (χ1n) is 10.6. The van der Waals surface area contributed by atoms with Crippen molar-refractivity contribution in [2.75, 3.05) is 6.54 Å². The molecule has 0 radical (unpaired) electrons. The third kappa shape index (κ3) is 3.23. The molecule has 2 aliphatic rings. The van der Waals surface area contributed by atoms with Crippen LogP contribution in [0.25, 0.3) is 11.1 Å². The molecule has 1 saturated carbocycles. The van der Waals surface area contributed by atoms with Crippen molar-refractivity contribution in [3.05, 3.63) is 24.1 Å². The van der Waals surface area contributed by atoms with Crippen LogP contribution in [0.5, 0.6) is 0 Å². The van der Waals surface area contributed by atoms with Crippen LogP contribution in [0.15, 0.2) is 22.8 Å². The smallest absolute Gasteiger partial charge is 0.271 e. The van der Waals surface area contributed by atoms with Crippen molar-refractivity contribution in [2.45, 2.75) is 77.4 Å². The van der Waals surface area contributed by atoms with Gasteiger partial charge in [0.15, 0.2) is 5.58 Å². The van der Waals surface area contributed by atoms with Gasteiger partial charge in [-0.05, 0) is 32.1 Å². The molecule has 2 amide bonds. The van der Waals surface area contributed by atoms with Crippen LogP contribution in [0.4, 0.5) is 0 Å². The minimum Gasteiger partial charge on any atom is -0.463 e. The van der Waals surface area contributed by atoms with Gasteiger partial charge in [-0.25, -0.2) is 0 Å². The summed E-state index contributed by atoms with van der Waals surface area (Å²) in [5.74, 6) is 0.343. The lowest BCUT2D eigenvalue weighted by atomic mass is 9.91. The number of furan rings is 1. The minimum absolute atomic E-state index is 0.0347. The number of rotatable bonds is 5. The van der Waals surface area contributed by atoms with E-state index in [2.05, 4.69) is 19.2 Å². The molecule has 2 aromatic heterocycles. The summed E-state index contributed by atoms with van der Waals surface area (Å²) in [6, 6.07) is 3.90. The van der Waals surface area contributed by atoms with Crippen LogP contribution in [0.2, 0.25) is 0 Å². The van der Waals surface area contributed by atoms with E-state index in [4.69, 9.17) is 4.42 Å². The topological polar surface area (TPSA) is 67.5 Å². The zero-order valence-electron chi connectivity index (χ0n) is 17.2. The molecule has 0 spiro atoms. The Morgan fingerprint density at radius 2 is 2.07 bits per heavy atom. The quantitative estimate of drug-likeness (QED) is 0.847. The van der Waals surface area contributed by atoms with Gasteiger partial charge in [-0.3, -0.25) is 9.59 Å². The predicted octanol–water partition coefficient (Wildman–Crippen LogP) is 3.94. The van der Waals surface area contributed by atoms with Crippen molar-refractivity contribution in [3.8, 4) is 0 Å². The number of hydrogen-bond donors (Lipinski definition) is 1. The van der Waals surface area contributed by atoms with Crippen molar-refractivity contribution >= 4 is 22.9 Å². The maximum atomic E-state index is 13.5. The summed E-state index contributed by atoms with van der Waals surface area (Å²) in [6.07, 6.45) is 8.13. The van der Waals surface area contributed by atoms with Crippen LogP contribution >= 0.6 is 0 Å². The Morgan fingerprint density at radius 3 is 2.79 bits per heavy atom. The van der Waals surface area contributed by atoms with Crippen LogP contribution in [0, 0.1) is 5.92 Å². The minimum atomic E-state index is -0.903. The van der Waals surface area contributed by atoms with Gasteiger partial charge < -0.3 is 19.2 Å². The zero-order valence-corrected chi connectivity index (χ0v) is 17.2. The predicted molar refractivity (Wildman–Crippen MR) is 108 cm³/mol. The van der Waals surface area contributed by atoms with Gasteiger partial charge in [0.2, 0.25) is 5.91 Å². The number of hydrogen-bond acceptors (Lipinski definition) is 3. The van der Waals surface area contributed by atoms with E-state index in [1.54, 1.807) is 17.2 Å². The maximum Gasteiger partial charge on any atom is 0.271 e. The van der Waals surface area contributed by atoms with Crippen molar-refractivity contribution in [2.24, 2.45) is 5.92 Å². The second-order valence-corrected chi connectivity index (χ2v) is 9.01. The highest BCUT2D eigenvalue weighted by Crippen LogP contribution is 2.33. The van der Waals surface area contributed by atoms with Gasteiger partial charge in [0.05, 0.1) is 18.3 Å². The van der Waals surface area contributed by atoms with Gasteiger partial charge in [0, 0.05) is 24.7 Å². The summed E-state index contributed by atoms with van der Waals surface area (Å²) in [5.41, 5.74) is 1.29. The molecule has 1 fully saturated rings. The molecule has 1 aliphatic carbocycles. The van der Waals surface area contributed by atoms with E-state index in [0.717, 1.165) is 37.6 Å². The SMILES string of the molecule is CC(C)CCN1C(=O)c2cc3occc3n2CC1(C)C(=O)NC1CCCCC1. The Hall–Kier alpha value is -2.24. The Labute approximate surface area is 166 Å². The third-order valence-electron chi connectivity index (χ3n) is 6.41. The van der Waals surface area contributed by atoms with E-state index >= 15 is 0 Å². The molecule has 6 heteroatoms. The Kier molecular flexibility index (Phi) is 4.98. The molecule has 6 nitrogen and oxygen atoms in total. The number of nitrogens with one attached hydrogen (secondary N) is 1. The molecule has 0 bridgehead atoms. The first-order chi connectivity index (χ1) is 13.4. The molecule has 152 valence electrons. The summed E-state index contributed by atoms with van der Waals surface area (Å²) in [6.45, 7) is 7.23. The summed E-state index contributed by atoms with van der Waals surface area (Å²) in [4.78, 5) is 28.6. The molecule has 4 rings (SSSR count). The standard InChI is InChI=1S/C22H31N3O3/c1-15(2)9-11-25-20(26)18-13-19-17(10-12-28-19)24(18)14-22(25,3)21(27)23-16-7-5-4-6-8-16/h10,12-13,15-16H,4-9,11,14H2,1-3H3,(H,23,27). The van der Waals surface area contributed by atoms with Crippen molar-refractivity contribution in [3.63, 3.8) is 0 Å². The molecule has 3 heterocycles. The van der Waals surface area contributed by atoms with E-state index in [9.17, 15) is 9.59 Å². The van der Waals surface area contributed by atoms with E-state index in [1.807, 2.05) is 17.6 Å². The average Bonchev–Trinajstić information content (AvgIpc) is 3.24. The maximum absolute atomic E-state index is 13.5. The van der Waals surface area contributed by atoms with Gasteiger partial charge in [0.1, 0.15) is 11.2 Å². The number of fused-ring (bicyclic) bond motifs is 3. The first-order valence-corrected chi connectivity index (χ1v) is 10.6. The molecule has 2 aromatic rings. The fourth-order valence-corrected chi connectivity index (χ4v) is 4.60. The van der Waals surface area contributed by atoms with Crippen LogP contribution in [0.3, 0.4) is 0 Å². The fraction of sp³-hybridized carbons (Fsp3) is 0.636. The molecule has 1 aliphatic heterocycles. The Morgan fingerprint density at radius 1 is 1.32 bits per heavy atom. The van der Waals surface area contributed by atoms with Crippen molar-refractivity contribution < 1.29 is 14.0 Å². The highest BCUT2D eigenvalue weighted by molar-refractivity contribution is 6.02. The van der Waals surface area contributed by atoms with Crippen molar-refractivity contribution in [1.82, 2.24) is 14.8 Å². The lowest BCUT2D eigenvalue weighted by Crippen LogP contribution is -2.65. The van der Waals surface area contributed by atoms with Gasteiger partial charge in [-0.15, -0.1) is 0 Å². The largest absolute Gasteiger partial charge is 0.463 e. The second kappa shape index (κ2) is 7.30. The first kappa shape index (κ1) is 19.1. The summed E-state index contributed by atoms with van der Waals surface area (Å²) in [5, 5.41) is 3.26. The summed E-state index contributed by atoms with van der Waals surface area (Å²) < 4.78 is 7.46. The van der Waals surface area contributed by atoms with Crippen LogP contribution in [-0.2, 0) is 11.3 Å². The highest BCUT2D eigenvalue weighted by atomic mass is 16.3. The Bertz CT molecular complexity index is 875. The molecular formula is C22H31N3O3. The monoisotopic (exact) mass is 385 g/mol. The van der Waals surface area contributed by atoms with Crippen LogP contribution < -0.4 is 5.32 Å². The summed E-state index contributed by atoms with van der Waals surface area (Å²) >= 11 is 0. The third-order valence-corrected chi connectivity index (χ3v) is 6.41. The van der Waals surface area contributed by atoms with E-state index in [1.165, 1.54) is 6.42 Å². The molecular weight excluding hydrogens is 354 g/mol. The highest BCUT2D eigenvalue weighted by Gasteiger charge is 2.48. The number of nitrogens with zero attached hydrogens (tertiary/aromatic N) is 2. The number of aromatic nitrogens is 1. The van der Waals surface area contributed by atoms with Crippen LogP contribution in [-0.4, -0.2) is 39.4 Å². The van der Waals surface area contributed by atoms with Gasteiger partial charge in [-0.1, -0.05) is 33.1 Å². The number of amides is 2. The lowest BCUT2D eigenvalue weighted by Gasteiger charge is -2.45. The van der Waals surface area contributed by atoms with Gasteiger partial charge in [-0.2, -0.15) is 0 Å². The molecule has 1 unspecified atom stereocenters. The summed E-state index contributed by atoms with van der Waals surface area (Å²) in [7, 11) is 0. The fourth-order valence-electron chi connectivity index (χ4n) is 4.60. The molecule has 0 aromatic carbocycles. The van der Waals surface area contributed by atoms with E-state index in [-0.39, 0.29) is 17.9 Å². The van der Waals surface area contributed by atoms with E-state index < -0.39 is 5.54 Å². The molecule has 0 saturated heterocycles. The van der Waals surface area contributed by atoms with Gasteiger partial charge in [0.25, 0.3) is 5.91 Å². The normalized spacial score (nSPS) is 23.4. The van der Waals surface area contributed by atoms with Crippen LogP contribution in [0.1, 0.15) is 69.8 Å². The number of carbonyl (C=O) groups is 2. The second-order valence-electron chi connectivity index (χ2n) is 9.01. The van der Waals surface area contributed by atoms with Crippen molar-refractivity contribution in [1.29, 1.82) is 0 Å². The van der Waals surface area contributed by atoms with E-state index in [0.29, 0.717) is 30.3 Å².